The first-order chi connectivity index (χ1) is 9.86. The minimum Gasteiger partial charge on any atom is -0.493 e. The summed E-state index contributed by atoms with van der Waals surface area (Å²) in [4.78, 5) is 23.3. The molecule has 0 aromatic heterocycles. The van der Waals surface area contributed by atoms with Gasteiger partial charge >= 0.3 is 5.97 Å². The van der Waals surface area contributed by atoms with Gasteiger partial charge in [0, 0.05) is 13.3 Å². The van der Waals surface area contributed by atoms with E-state index in [1.54, 1.807) is 26.2 Å². The lowest BCUT2D eigenvalue weighted by atomic mass is 9.92. The fourth-order valence-corrected chi connectivity index (χ4v) is 2.18. The summed E-state index contributed by atoms with van der Waals surface area (Å²) in [6.45, 7) is 2.98. The van der Waals surface area contributed by atoms with Gasteiger partial charge in [-0.3, -0.25) is 4.79 Å². The number of methoxy groups -OCH3 is 3. The highest BCUT2D eigenvalue weighted by molar-refractivity contribution is 5.87. The maximum atomic E-state index is 12.0. The highest BCUT2D eigenvalue weighted by Crippen LogP contribution is 2.29. The average molecular weight is 295 g/mol. The van der Waals surface area contributed by atoms with Crippen LogP contribution in [0.2, 0.25) is 0 Å². The third-order valence-corrected chi connectivity index (χ3v) is 3.09. The van der Waals surface area contributed by atoms with Crippen LogP contribution in [0, 0.1) is 0 Å². The number of ether oxygens (including phenoxy) is 3. The Kier molecular flexibility index (Phi) is 5.58. The third kappa shape index (κ3) is 4.11. The molecule has 1 atom stereocenters. The van der Waals surface area contributed by atoms with Gasteiger partial charge < -0.3 is 19.5 Å². The summed E-state index contributed by atoms with van der Waals surface area (Å²) in [6.07, 6.45) is 0.277. The van der Waals surface area contributed by atoms with E-state index in [9.17, 15) is 9.59 Å². The number of rotatable bonds is 6. The van der Waals surface area contributed by atoms with Gasteiger partial charge in [0.25, 0.3) is 0 Å². The van der Waals surface area contributed by atoms with Crippen LogP contribution >= 0.6 is 0 Å². The minimum absolute atomic E-state index is 0.277. The highest BCUT2D eigenvalue weighted by Gasteiger charge is 2.35. The van der Waals surface area contributed by atoms with Crippen molar-refractivity contribution in [1.82, 2.24) is 5.32 Å². The topological polar surface area (TPSA) is 73.9 Å². The molecule has 0 aliphatic heterocycles. The average Bonchev–Trinajstić information content (AvgIpc) is 2.45. The highest BCUT2D eigenvalue weighted by atomic mass is 16.5. The number of nitrogens with one attached hydrogen (secondary N) is 1. The number of amides is 1. The molecule has 1 aromatic rings. The lowest BCUT2D eigenvalue weighted by Gasteiger charge is -2.27. The van der Waals surface area contributed by atoms with E-state index in [1.807, 2.05) is 6.07 Å². The maximum Gasteiger partial charge on any atom is 0.331 e. The molecule has 0 saturated heterocycles. The summed E-state index contributed by atoms with van der Waals surface area (Å²) < 4.78 is 15.2. The van der Waals surface area contributed by atoms with Gasteiger partial charge in [-0.1, -0.05) is 6.07 Å². The molecule has 0 unspecified atom stereocenters. The summed E-state index contributed by atoms with van der Waals surface area (Å²) >= 11 is 0. The summed E-state index contributed by atoms with van der Waals surface area (Å²) in [5.41, 5.74) is -0.325. The smallest absolute Gasteiger partial charge is 0.331 e. The van der Waals surface area contributed by atoms with E-state index in [0.717, 1.165) is 5.56 Å². The minimum atomic E-state index is -1.14. The van der Waals surface area contributed by atoms with Gasteiger partial charge in [-0.2, -0.15) is 0 Å². The predicted octanol–water partition coefficient (Wildman–Crippen LogP) is 1.31. The summed E-state index contributed by atoms with van der Waals surface area (Å²) in [6, 6.07) is 5.33. The molecule has 1 rings (SSSR count). The van der Waals surface area contributed by atoms with Gasteiger partial charge in [0.1, 0.15) is 5.54 Å². The van der Waals surface area contributed by atoms with Crippen LogP contribution in [0.3, 0.4) is 0 Å². The molecule has 0 fully saturated rings. The second-order valence-electron chi connectivity index (χ2n) is 4.87. The van der Waals surface area contributed by atoms with Crippen molar-refractivity contribution in [2.24, 2.45) is 0 Å². The first-order valence-electron chi connectivity index (χ1n) is 6.44. The van der Waals surface area contributed by atoms with E-state index in [2.05, 4.69) is 5.32 Å². The number of carbonyl (C=O) groups is 2. The molecular formula is C15H21NO5. The van der Waals surface area contributed by atoms with Crippen molar-refractivity contribution in [3.05, 3.63) is 23.8 Å². The number of hydrogen-bond acceptors (Lipinski definition) is 5. The van der Waals surface area contributed by atoms with E-state index in [1.165, 1.54) is 21.1 Å². The van der Waals surface area contributed by atoms with Crippen molar-refractivity contribution >= 4 is 11.9 Å². The molecule has 0 radical (unpaired) electrons. The van der Waals surface area contributed by atoms with Crippen LogP contribution < -0.4 is 14.8 Å². The van der Waals surface area contributed by atoms with Gasteiger partial charge in [0.15, 0.2) is 11.5 Å². The van der Waals surface area contributed by atoms with E-state index in [0.29, 0.717) is 11.5 Å². The standard InChI is InChI=1S/C15H21NO5/c1-10(17)16-15(2,14(18)21-5)9-11-6-7-12(19-3)13(8-11)20-4/h6-8H,9H2,1-5H3,(H,16,17)/t15-/m1/s1. The molecule has 116 valence electrons. The molecule has 0 spiro atoms. The fourth-order valence-electron chi connectivity index (χ4n) is 2.18. The van der Waals surface area contributed by atoms with Gasteiger partial charge in [0.05, 0.1) is 21.3 Å². The Morgan fingerprint density at radius 2 is 1.76 bits per heavy atom. The molecule has 1 N–H and O–H groups in total. The predicted molar refractivity (Wildman–Crippen MR) is 77.5 cm³/mol. The summed E-state index contributed by atoms with van der Waals surface area (Å²) in [5.74, 6) is 0.349. The lowest BCUT2D eigenvalue weighted by molar-refractivity contribution is -0.149. The van der Waals surface area contributed by atoms with Crippen LogP contribution in [0.5, 0.6) is 11.5 Å². The van der Waals surface area contributed by atoms with Gasteiger partial charge in [-0.25, -0.2) is 4.79 Å². The Morgan fingerprint density at radius 1 is 1.14 bits per heavy atom. The van der Waals surface area contributed by atoms with Crippen LogP contribution in [-0.2, 0) is 20.7 Å². The molecule has 0 saturated carbocycles. The third-order valence-electron chi connectivity index (χ3n) is 3.09. The first-order valence-corrected chi connectivity index (χ1v) is 6.44. The van der Waals surface area contributed by atoms with Crippen molar-refractivity contribution in [2.75, 3.05) is 21.3 Å². The Balaban J connectivity index is 3.09. The summed E-state index contributed by atoms with van der Waals surface area (Å²) in [5, 5.41) is 2.64. The quantitative estimate of drug-likeness (QED) is 0.801. The van der Waals surface area contributed by atoms with E-state index < -0.39 is 11.5 Å². The fraction of sp³-hybridized carbons (Fsp3) is 0.467. The molecule has 6 nitrogen and oxygen atoms in total. The monoisotopic (exact) mass is 295 g/mol. The Labute approximate surface area is 124 Å². The first kappa shape index (κ1) is 16.8. The van der Waals surface area contributed by atoms with Crippen molar-refractivity contribution in [3.63, 3.8) is 0 Å². The zero-order valence-electron chi connectivity index (χ0n) is 13.0. The molecule has 0 heterocycles. The molecule has 6 heteroatoms. The Morgan fingerprint density at radius 3 is 2.24 bits per heavy atom. The number of carbonyl (C=O) groups excluding carboxylic acids is 2. The maximum absolute atomic E-state index is 12.0. The van der Waals surface area contributed by atoms with Crippen LogP contribution in [0.15, 0.2) is 18.2 Å². The Bertz CT molecular complexity index is 529. The number of hydrogen-bond donors (Lipinski definition) is 1. The zero-order chi connectivity index (χ0) is 16.0. The van der Waals surface area contributed by atoms with Gasteiger partial charge in [0.2, 0.25) is 5.91 Å². The Hall–Kier alpha value is -2.24. The van der Waals surface area contributed by atoms with Gasteiger partial charge in [-0.05, 0) is 24.6 Å². The lowest BCUT2D eigenvalue weighted by Crippen LogP contribution is -2.53. The van der Waals surface area contributed by atoms with Crippen LogP contribution in [0.25, 0.3) is 0 Å². The number of esters is 1. The molecular weight excluding hydrogens is 274 g/mol. The van der Waals surface area contributed by atoms with Gasteiger partial charge in [-0.15, -0.1) is 0 Å². The molecule has 1 amide bonds. The molecule has 1 aromatic carbocycles. The molecule has 21 heavy (non-hydrogen) atoms. The number of benzene rings is 1. The summed E-state index contributed by atoms with van der Waals surface area (Å²) in [7, 11) is 4.37. The van der Waals surface area contributed by atoms with Crippen molar-refractivity contribution in [1.29, 1.82) is 0 Å². The van der Waals surface area contributed by atoms with E-state index in [-0.39, 0.29) is 12.3 Å². The van der Waals surface area contributed by atoms with Crippen LogP contribution in [0.1, 0.15) is 19.4 Å². The zero-order valence-corrected chi connectivity index (χ0v) is 13.0. The molecule has 0 aliphatic rings. The second kappa shape index (κ2) is 6.97. The molecule has 0 aliphatic carbocycles. The molecule has 0 bridgehead atoms. The van der Waals surface area contributed by atoms with Crippen molar-refractivity contribution in [2.45, 2.75) is 25.8 Å². The normalized spacial score (nSPS) is 13.0. The van der Waals surface area contributed by atoms with Crippen molar-refractivity contribution < 1.29 is 23.8 Å². The van der Waals surface area contributed by atoms with E-state index >= 15 is 0 Å². The van der Waals surface area contributed by atoms with Crippen LogP contribution in [-0.4, -0.2) is 38.7 Å². The van der Waals surface area contributed by atoms with Crippen LogP contribution in [0.4, 0.5) is 0 Å². The second-order valence-corrected chi connectivity index (χ2v) is 4.87. The van der Waals surface area contributed by atoms with Crippen molar-refractivity contribution in [3.8, 4) is 11.5 Å². The van der Waals surface area contributed by atoms with E-state index in [4.69, 9.17) is 14.2 Å². The SMILES string of the molecule is COC(=O)[C@@](C)(Cc1ccc(OC)c(OC)c1)NC(C)=O. The largest absolute Gasteiger partial charge is 0.493 e.